The van der Waals surface area contributed by atoms with Gasteiger partial charge in [0.25, 0.3) is 5.69 Å². The van der Waals surface area contributed by atoms with Gasteiger partial charge in [0.15, 0.2) is 5.78 Å². The second kappa shape index (κ2) is 8.34. The highest BCUT2D eigenvalue weighted by atomic mass is 16.6. The maximum Gasteiger partial charge on any atom is 0.270 e. The summed E-state index contributed by atoms with van der Waals surface area (Å²) in [6.07, 6.45) is 0. The zero-order chi connectivity index (χ0) is 23.0. The number of nitro benzene ring substituents is 1. The zero-order valence-electron chi connectivity index (χ0n) is 19.1. The molecule has 0 saturated heterocycles. The van der Waals surface area contributed by atoms with Crippen LogP contribution in [-0.2, 0) is 0 Å². The number of anilines is 2. The van der Waals surface area contributed by atoms with Gasteiger partial charge in [-0.1, -0.05) is 6.07 Å². The molecule has 1 N–H and O–H groups in total. The fraction of sp³-hybridized carbons (Fsp3) is 0.269. The average Bonchev–Trinajstić information content (AvgIpc) is 2.73. The average molecular weight is 417 g/mol. The first-order chi connectivity index (χ1) is 14.5. The van der Waals surface area contributed by atoms with E-state index in [2.05, 4.69) is 39.9 Å². The van der Waals surface area contributed by atoms with Crippen molar-refractivity contribution in [1.82, 2.24) is 0 Å². The van der Waals surface area contributed by atoms with E-state index in [4.69, 9.17) is 0 Å². The fourth-order valence-electron chi connectivity index (χ4n) is 3.94. The quantitative estimate of drug-likeness (QED) is 0.284. The van der Waals surface area contributed by atoms with Crippen molar-refractivity contribution in [2.45, 2.75) is 48.5 Å². The number of carbonyl (C=O) groups is 1. The Balaban J connectivity index is 1.98. The van der Waals surface area contributed by atoms with Crippen LogP contribution in [0, 0.1) is 58.6 Å². The molecule has 31 heavy (non-hydrogen) atoms. The van der Waals surface area contributed by atoms with E-state index < -0.39 is 4.92 Å². The fourth-order valence-corrected chi connectivity index (χ4v) is 3.94. The number of carbonyl (C=O) groups excluding carboxylic acids is 1. The molecule has 3 aromatic carbocycles. The summed E-state index contributed by atoms with van der Waals surface area (Å²) in [5.41, 5.74) is 10.6. The van der Waals surface area contributed by atoms with E-state index >= 15 is 0 Å². The molecule has 5 heteroatoms. The monoisotopic (exact) mass is 416 g/mol. The van der Waals surface area contributed by atoms with Crippen LogP contribution in [-0.4, -0.2) is 10.7 Å². The van der Waals surface area contributed by atoms with Crippen molar-refractivity contribution in [3.63, 3.8) is 0 Å². The highest BCUT2D eigenvalue weighted by Gasteiger charge is 2.19. The van der Waals surface area contributed by atoms with E-state index in [0.29, 0.717) is 16.7 Å². The summed E-state index contributed by atoms with van der Waals surface area (Å²) >= 11 is 0. The summed E-state index contributed by atoms with van der Waals surface area (Å²) in [6.45, 7) is 14.3. The number of ketones is 1. The zero-order valence-corrected chi connectivity index (χ0v) is 19.1. The van der Waals surface area contributed by atoms with Gasteiger partial charge in [0.05, 0.1) is 4.92 Å². The van der Waals surface area contributed by atoms with Crippen LogP contribution in [0.1, 0.15) is 54.9 Å². The normalized spacial score (nSPS) is 10.8. The third-order valence-electron chi connectivity index (χ3n) is 6.42. The Hall–Kier alpha value is -3.47. The molecule has 0 spiro atoms. The number of benzene rings is 3. The molecule has 0 fully saturated rings. The van der Waals surface area contributed by atoms with Crippen LogP contribution in [0.15, 0.2) is 36.4 Å². The molecule has 0 unspecified atom stereocenters. The number of hydrogen-bond donors (Lipinski definition) is 1. The second-order valence-electron chi connectivity index (χ2n) is 8.24. The number of hydrogen-bond acceptors (Lipinski definition) is 4. The number of aryl methyl sites for hydroxylation is 2. The first-order valence-electron chi connectivity index (χ1n) is 10.3. The summed E-state index contributed by atoms with van der Waals surface area (Å²) in [6, 6.07) is 10.0. The molecule has 0 aliphatic rings. The van der Waals surface area contributed by atoms with Crippen molar-refractivity contribution in [2.24, 2.45) is 0 Å². The third-order valence-corrected chi connectivity index (χ3v) is 6.42. The van der Waals surface area contributed by atoms with Crippen LogP contribution in [0.25, 0.3) is 0 Å². The predicted octanol–water partition coefficient (Wildman–Crippen LogP) is 6.73. The Labute approximate surface area is 183 Å². The van der Waals surface area contributed by atoms with Gasteiger partial charge in [-0.15, -0.1) is 0 Å². The summed E-state index contributed by atoms with van der Waals surface area (Å²) in [5, 5.41) is 14.6. The van der Waals surface area contributed by atoms with E-state index in [1.165, 1.54) is 39.9 Å². The number of non-ortho nitro benzene ring substituents is 1. The maximum absolute atomic E-state index is 13.1. The first-order valence-corrected chi connectivity index (χ1v) is 10.3. The summed E-state index contributed by atoms with van der Waals surface area (Å²) < 4.78 is 0. The van der Waals surface area contributed by atoms with Crippen LogP contribution in [0.3, 0.4) is 0 Å². The van der Waals surface area contributed by atoms with Crippen LogP contribution in [0.2, 0.25) is 0 Å². The molecular weight excluding hydrogens is 388 g/mol. The molecule has 0 heterocycles. The Morgan fingerprint density at radius 2 is 1.32 bits per heavy atom. The van der Waals surface area contributed by atoms with Gasteiger partial charge in [-0.25, -0.2) is 0 Å². The van der Waals surface area contributed by atoms with Crippen LogP contribution >= 0.6 is 0 Å². The lowest BCUT2D eigenvalue weighted by Crippen LogP contribution is -2.08. The Kier molecular flexibility index (Phi) is 5.98. The van der Waals surface area contributed by atoms with Gasteiger partial charge in [-0.2, -0.15) is 0 Å². The molecular formula is C26H28N2O3. The van der Waals surface area contributed by atoms with E-state index in [-0.39, 0.29) is 11.5 Å². The SMILES string of the molecule is Cc1cc(Nc2c(C)c(C)c(C)c(C)c2C)ccc1C(=O)c1cc([N+](=O)[O-])ccc1C. The van der Waals surface area contributed by atoms with Gasteiger partial charge in [0, 0.05) is 34.6 Å². The topological polar surface area (TPSA) is 72.2 Å². The number of nitro groups is 1. The molecule has 160 valence electrons. The lowest BCUT2D eigenvalue weighted by atomic mass is 9.92. The molecule has 0 radical (unpaired) electrons. The van der Waals surface area contributed by atoms with Gasteiger partial charge in [-0.3, -0.25) is 14.9 Å². The van der Waals surface area contributed by atoms with Gasteiger partial charge in [0.2, 0.25) is 0 Å². The van der Waals surface area contributed by atoms with Crippen LogP contribution in [0.4, 0.5) is 17.1 Å². The number of rotatable bonds is 5. The van der Waals surface area contributed by atoms with E-state index in [1.54, 1.807) is 19.1 Å². The lowest BCUT2D eigenvalue weighted by molar-refractivity contribution is -0.384. The molecule has 0 saturated carbocycles. The van der Waals surface area contributed by atoms with Gasteiger partial charge >= 0.3 is 0 Å². The second-order valence-corrected chi connectivity index (χ2v) is 8.24. The van der Waals surface area contributed by atoms with Crippen LogP contribution in [0.5, 0.6) is 0 Å². The minimum absolute atomic E-state index is 0.0825. The van der Waals surface area contributed by atoms with E-state index in [0.717, 1.165) is 16.9 Å². The van der Waals surface area contributed by atoms with E-state index in [9.17, 15) is 14.9 Å². The molecule has 0 aliphatic heterocycles. The van der Waals surface area contributed by atoms with Crippen molar-refractivity contribution >= 4 is 22.8 Å². The lowest BCUT2D eigenvalue weighted by Gasteiger charge is -2.20. The molecule has 3 rings (SSSR count). The minimum atomic E-state index is -0.480. The summed E-state index contributed by atoms with van der Waals surface area (Å²) in [5.74, 6) is -0.209. The molecule has 3 aromatic rings. The van der Waals surface area contributed by atoms with Gasteiger partial charge in [-0.05, 0) is 106 Å². The maximum atomic E-state index is 13.1. The number of nitrogens with zero attached hydrogens (tertiary/aromatic N) is 1. The third kappa shape index (κ3) is 4.08. The molecule has 0 bridgehead atoms. The molecule has 0 atom stereocenters. The number of nitrogens with one attached hydrogen (secondary N) is 1. The van der Waals surface area contributed by atoms with Gasteiger partial charge in [0.1, 0.15) is 0 Å². The van der Waals surface area contributed by atoms with Crippen molar-refractivity contribution in [3.8, 4) is 0 Å². The Morgan fingerprint density at radius 3 is 1.87 bits per heavy atom. The molecule has 0 aromatic heterocycles. The van der Waals surface area contributed by atoms with Crippen molar-refractivity contribution in [3.05, 3.63) is 96.6 Å². The van der Waals surface area contributed by atoms with Crippen molar-refractivity contribution in [1.29, 1.82) is 0 Å². The minimum Gasteiger partial charge on any atom is -0.355 e. The predicted molar refractivity (Wildman–Crippen MR) is 126 cm³/mol. The van der Waals surface area contributed by atoms with Crippen molar-refractivity contribution < 1.29 is 9.72 Å². The molecule has 5 nitrogen and oxygen atoms in total. The summed E-state index contributed by atoms with van der Waals surface area (Å²) in [4.78, 5) is 23.8. The molecule has 0 aliphatic carbocycles. The smallest absolute Gasteiger partial charge is 0.270 e. The van der Waals surface area contributed by atoms with Crippen molar-refractivity contribution in [2.75, 3.05) is 5.32 Å². The Morgan fingerprint density at radius 1 is 0.742 bits per heavy atom. The highest BCUT2D eigenvalue weighted by Crippen LogP contribution is 2.33. The van der Waals surface area contributed by atoms with Crippen LogP contribution < -0.4 is 5.32 Å². The highest BCUT2D eigenvalue weighted by molar-refractivity contribution is 6.11. The van der Waals surface area contributed by atoms with E-state index in [1.807, 2.05) is 19.1 Å². The Bertz CT molecular complexity index is 1200. The summed E-state index contributed by atoms with van der Waals surface area (Å²) in [7, 11) is 0. The standard InChI is InChI=1S/C26H28N2O3/c1-14-8-10-22(28(30)31)13-24(14)26(29)23-11-9-21(12-15(23)2)27-25-19(6)17(4)16(3)18(5)20(25)7/h8-13,27H,1-7H3. The largest absolute Gasteiger partial charge is 0.355 e. The first kappa shape index (κ1) is 22.2. The van der Waals surface area contributed by atoms with Gasteiger partial charge < -0.3 is 5.32 Å². The molecule has 0 amide bonds.